The molecule has 1 N–H and O–H groups in total. The standard InChI is InChI=1S/C24H20FNS/c1-3-19-23(20-12-5-4-9-16(20)2)26-21-13-6-7-14-22(21)27-24(19)17-10-8-11-18(25)15-17/h3-15,24,26H,1H2,2H3. The van der Waals surface area contributed by atoms with Gasteiger partial charge in [-0.2, -0.15) is 0 Å². The lowest BCUT2D eigenvalue weighted by atomic mass is 9.96. The van der Waals surface area contributed by atoms with E-state index in [2.05, 4.69) is 43.1 Å². The molecule has 0 fully saturated rings. The normalized spacial score (nSPS) is 16.3. The second-order valence-corrected chi connectivity index (χ2v) is 7.67. The molecule has 3 aromatic rings. The summed E-state index contributed by atoms with van der Waals surface area (Å²) in [6.07, 6.45) is 1.89. The molecule has 1 heterocycles. The van der Waals surface area contributed by atoms with Gasteiger partial charge in [-0.25, -0.2) is 4.39 Å². The molecule has 4 rings (SSSR count). The molecule has 27 heavy (non-hydrogen) atoms. The molecule has 0 spiro atoms. The lowest BCUT2D eigenvalue weighted by molar-refractivity contribution is 0.626. The van der Waals surface area contributed by atoms with Gasteiger partial charge in [0.2, 0.25) is 0 Å². The monoisotopic (exact) mass is 373 g/mol. The summed E-state index contributed by atoms with van der Waals surface area (Å²) in [7, 11) is 0. The van der Waals surface area contributed by atoms with Crippen LogP contribution in [0.25, 0.3) is 5.70 Å². The molecule has 3 heteroatoms. The van der Waals surface area contributed by atoms with Crippen LogP contribution in [0.2, 0.25) is 0 Å². The van der Waals surface area contributed by atoms with Crippen molar-refractivity contribution in [1.82, 2.24) is 0 Å². The number of fused-ring (bicyclic) bond motifs is 1. The van der Waals surface area contributed by atoms with Crippen LogP contribution < -0.4 is 5.32 Å². The second-order valence-electron chi connectivity index (χ2n) is 6.52. The van der Waals surface area contributed by atoms with Crippen LogP contribution in [0.1, 0.15) is 21.9 Å². The van der Waals surface area contributed by atoms with Crippen molar-refractivity contribution in [3.05, 3.63) is 114 Å². The van der Waals surface area contributed by atoms with Gasteiger partial charge < -0.3 is 5.32 Å². The molecule has 1 aliphatic rings. The number of benzene rings is 3. The van der Waals surface area contributed by atoms with Crippen LogP contribution in [0.15, 0.2) is 95.9 Å². The van der Waals surface area contributed by atoms with Crippen molar-refractivity contribution in [2.24, 2.45) is 0 Å². The van der Waals surface area contributed by atoms with Gasteiger partial charge >= 0.3 is 0 Å². The summed E-state index contributed by atoms with van der Waals surface area (Å²) in [6.45, 7) is 6.19. The Kier molecular flexibility index (Phi) is 4.87. The number of nitrogens with one attached hydrogen (secondary N) is 1. The number of aryl methyl sites for hydroxylation is 1. The van der Waals surface area contributed by atoms with E-state index in [1.807, 2.05) is 36.4 Å². The molecule has 0 saturated carbocycles. The molecule has 1 aliphatic heterocycles. The van der Waals surface area contributed by atoms with E-state index >= 15 is 0 Å². The number of allylic oxidation sites excluding steroid dienone is 1. The van der Waals surface area contributed by atoms with Gasteiger partial charge in [0.05, 0.1) is 16.6 Å². The van der Waals surface area contributed by atoms with Gasteiger partial charge in [-0.1, -0.05) is 61.2 Å². The van der Waals surface area contributed by atoms with Gasteiger partial charge in [-0.15, -0.1) is 11.8 Å². The third-order valence-corrected chi connectivity index (χ3v) is 6.12. The number of rotatable bonds is 3. The van der Waals surface area contributed by atoms with Gasteiger partial charge in [0, 0.05) is 10.5 Å². The number of para-hydroxylation sites is 1. The van der Waals surface area contributed by atoms with Crippen molar-refractivity contribution >= 4 is 23.1 Å². The van der Waals surface area contributed by atoms with E-state index in [1.165, 1.54) is 11.6 Å². The molecule has 0 radical (unpaired) electrons. The maximum atomic E-state index is 14.0. The summed E-state index contributed by atoms with van der Waals surface area (Å²) >= 11 is 1.72. The molecule has 1 atom stereocenters. The Hall–Kier alpha value is -2.78. The summed E-state index contributed by atoms with van der Waals surface area (Å²) in [4.78, 5) is 1.13. The zero-order valence-corrected chi connectivity index (χ0v) is 15.9. The molecule has 134 valence electrons. The fourth-order valence-corrected chi connectivity index (χ4v) is 4.68. The number of hydrogen-bond donors (Lipinski definition) is 1. The van der Waals surface area contributed by atoms with Gasteiger partial charge in [0.25, 0.3) is 0 Å². The van der Waals surface area contributed by atoms with Crippen molar-refractivity contribution < 1.29 is 4.39 Å². The minimum absolute atomic E-state index is 0.0519. The molecular weight excluding hydrogens is 353 g/mol. The van der Waals surface area contributed by atoms with Crippen LogP contribution in [0.5, 0.6) is 0 Å². The maximum Gasteiger partial charge on any atom is 0.123 e. The topological polar surface area (TPSA) is 12.0 Å². The SMILES string of the molecule is C=CC1=C(c2ccccc2C)Nc2ccccc2SC1c1cccc(F)c1. The van der Waals surface area contributed by atoms with E-state index in [1.54, 1.807) is 23.9 Å². The molecule has 0 aliphatic carbocycles. The summed E-state index contributed by atoms with van der Waals surface area (Å²) in [5.41, 5.74) is 6.37. The Bertz CT molecular complexity index is 1040. The Morgan fingerprint density at radius 3 is 2.56 bits per heavy atom. The van der Waals surface area contributed by atoms with E-state index in [0.29, 0.717) is 0 Å². The van der Waals surface area contributed by atoms with Crippen molar-refractivity contribution in [3.8, 4) is 0 Å². The van der Waals surface area contributed by atoms with Gasteiger partial charge in [-0.3, -0.25) is 0 Å². The predicted octanol–water partition coefficient (Wildman–Crippen LogP) is 6.99. The summed E-state index contributed by atoms with van der Waals surface area (Å²) in [5, 5.41) is 3.57. The van der Waals surface area contributed by atoms with Crippen molar-refractivity contribution in [3.63, 3.8) is 0 Å². The smallest absolute Gasteiger partial charge is 0.123 e. The van der Waals surface area contributed by atoms with Crippen LogP contribution in [0, 0.1) is 12.7 Å². The van der Waals surface area contributed by atoms with Crippen LogP contribution in [-0.2, 0) is 0 Å². The average Bonchev–Trinajstić information content (AvgIpc) is 2.85. The highest BCUT2D eigenvalue weighted by molar-refractivity contribution is 8.00. The Labute approximate surface area is 163 Å². The number of thioether (sulfide) groups is 1. The van der Waals surface area contributed by atoms with Crippen molar-refractivity contribution in [2.75, 3.05) is 5.32 Å². The molecule has 1 nitrogen and oxygen atoms in total. The highest BCUT2D eigenvalue weighted by atomic mass is 32.2. The average molecular weight is 373 g/mol. The number of halogens is 1. The third kappa shape index (κ3) is 3.43. The van der Waals surface area contributed by atoms with E-state index in [4.69, 9.17) is 0 Å². The maximum absolute atomic E-state index is 14.0. The zero-order chi connectivity index (χ0) is 18.8. The van der Waals surface area contributed by atoms with Gasteiger partial charge in [0.1, 0.15) is 5.82 Å². The van der Waals surface area contributed by atoms with E-state index < -0.39 is 0 Å². The molecule has 0 aromatic heterocycles. The first-order valence-corrected chi connectivity index (χ1v) is 9.76. The van der Waals surface area contributed by atoms with Crippen LogP contribution >= 0.6 is 11.8 Å². The largest absolute Gasteiger partial charge is 0.354 e. The Balaban J connectivity index is 1.97. The van der Waals surface area contributed by atoms with E-state index in [9.17, 15) is 4.39 Å². The van der Waals surface area contributed by atoms with Gasteiger partial charge in [-0.05, 0) is 47.9 Å². The number of hydrogen-bond acceptors (Lipinski definition) is 2. The second kappa shape index (κ2) is 7.45. The minimum atomic E-state index is -0.223. The molecule has 3 aromatic carbocycles. The predicted molar refractivity (Wildman–Crippen MR) is 113 cm³/mol. The molecule has 1 unspecified atom stereocenters. The van der Waals surface area contributed by atoms with Gasteiger partial charge in [0.15, 0.2) is 0 Å². The fraction of sp³-hybridized carbons (Fsp3) is 0.0833. The van der Waals surface area contributed by atoms with Crippen LogP contribution in [-0.4, -0.2) is 0 Å². The molecule has 0 amide bonds. The molecule has 0 saturated heterocycles. The zero-order valence-electron chi connectivity index (χ0n) is 15.1. The first kappa shape index (κ1) is 17.6. The third-order valence-electron chi connectivity index (χ3n) is 4.75. The number of anilines is 1. The quantitative estimate of drug-likeness (QED) is 0.531. The van der Waals surface area contributed by atoms with Crippen molar-refractivity contribution in [2.45, 2.75) is 17.1 Å². The Morgan fingerprint density at radius 2 is 1.78 bits per heavy atom. The Morgan fingerprint density at radius 1 is 1.00 bits per heavy atom. The molecular formula is C24H20FNS. The first-order chi connectivity index (χ1) is 13.2. The molecule has 0 bridgehead atoms. The highest BCUT2D eigenvalue weighted by Crippen LogP contribution is 2.49. The summed E-state index contributed by atoms with van der Waals surface area (Å²) in [5.74, 6) is -0.223. The van der Waals surface area contributed by atoms with E-state index in [0.717, 1.165) is 33.0 Å². The van der Waals surface area contributed by atoms with Crippen LogP contribution in [0.3, 0.4) is 0 Å². The van der Waals surface area contributed by atoms with E-state index in [-0.39, 0.29) is 11.1 Å². The first-order valence-electron chi connectivity index (χ1n) is 8.88. The highest BCUT2D eigenvalue weighted by Gasteiger charge is 2.26. The summed E-state index contributed by atoms with van der Waals surface area (Å²) < 4.78 is 14.0. The lowest BCUT2D eigenvalue weighted by Crippen LogP contribution is -2.06. The minimum Gasteiger partial charge on any atom is -0.354 e. The van der Waals surface area contributed by atoms with Crippen molar-refractivity contribution in [1.29, 1.82) is 0 Å². The van der Waals surface area contributed by atoms with Crippen LogP contribution in [0.4, 0.5) is 10.1 Å². The summed E-state index contributed by atoms with van der Waals surface area (Å²) in [6, 6.07) is 23.4. The lowest BCUT2D eigenvalue weighted by Gasteiger charge is -2.20. The fourth-order valence-electron chi connectivity index (χ4n) is 3.40.